The fourth-order valence-electron chi connectivity index (χ4n) is 4.88. The summed E-state index contributed by atoms with van der Waals surface area (Å²) >= 11 is 0. The molecule has 4 rings (SSSR count). The van der Waals surface area contributed by atoms with Gasteiger partial charge >= 0.3 is 0 Å². The number of hydrogen-bond acceptors (Lipinski definition) is 8. The number of carbonyl (C=O) groups is 1. The second kappa shape index (κ2) is 13.3. The van der Waals surface area contributed by atoms with E-state index in [0.717, 1.165) is 25.9 Å². The van der Waals surface area contributed by atoms with Gasteiger partial charge in [0.1, 0.15) is 25.1 Å². The van der Waals surface area contributed by atoms with Crippen molar-refractivity contribution in [2.24, 2.45) is 0 Å². The summed E-state index contributed by atoms with van der Waals surface area (Å²) in [6.07, 6.45) is 3.25. The second-order valence-electron chi connectivity index (χ2n) is 9.83. The monoisotopic (exact) mass is 546 g/mol. The molecule has 2 aromatic rings. The van der Waals surface area contributed by atoms with Crippen molar-refractivity contribution in [3.8, 4) is 17.2 Å². The molecule has 0 radical (unpaired) electrons. The van der Waals surface area contributed by atoms with Gasteiger partial charge in [0.15, 0.2) is 21.3 Å². The zero-order valence-electron chi connectivity index (χ0n) is 21.9. The van der Waals surface area contributed by atoms with Crippen LogP contribution >= 0.6 is 0 Å². The van der Waals surface area contributed by atoms with Crippen molar-refractivity contribution in [3.63, 3.8) is 0 Å². The normalized spacial score (nSPS) is 17.1. The van der Waals surface area contributed by atoms with Gasteiger partial charge in [-0.05, 0) is 80.7 Å². The minimum atomic E-state index is -3.38. The molecular formula is C28H38N2O7S. The molecule has 10 heteroatoms. The van der Waals surface area contributed by atoms with Crippen LogP contribution in [0.1, 0.15) is 50.2 Å². The molecule has 208 valence electrons. The number of aliphatic hydroxyl groups is 1. The Balaban J connectivity index is 1.28. The summed E-state index contributed by atoms with van der Waals surface area (Å²) in [6.45, 7) is 3.41. The number of unbranched alkanes of at least 4 members (excludes halogenated alkanes) is 2. The number of likely N-dealkylation sites (tertiary alicyclic amines) is 1. The molecule has 0 bridgehead atoms. The lowest BCUT2D eigenvalue weighted by molar-refractivity contribution is -0.123. The van der Waals surface area contributed by atoms with Crippen molar-refractivity contribution in [1.29, 1.82) is 0 Å². The third-order valence-corrected chi connectivity index (χ3v) is 8.84. The lowest BCUT2D eigenvalue weighted by Gasteiger charge is -2.29. The Kier molecular flexibility index (Phi) is 9.87. The van der Waals surface area contributed by atoms with E-state index in [-0.39, 0.29) is 23.0 Å². The fraction of sp³-hybridized carbons (Fsp3) is 0.536. The number of hydrogen-bond donors (Lipinski definition) is 2. The molecule has 9 nitrogen and oxygen atoms in total. The molecular weight excluding hydrogens is 508 g/mol. The van der Waals surface area contributed by atoms with Gasteiger partial charge in [0, 0.05) is 13.0 Å². The van der Waals surface area contributed by atoms with E-state index < -0.39 is 22.0 Å². The van der Waals surface area contributed by atoms with Gasteiger partial charge < -0.3 is 29.5 Å². The maximum absolute atomic E-state index is 12.8. The minimum Gasteiger partial charge on any atom is -0.497 e. The van der Waals surface area contributed by atoms with Crippen LogP contribution in [0.5, 0.6) is 17.2 Å². The molecule has 0 unspecified atom stereocenters. The molecule has 2 aliphatic heterocycles. The Morgan fingerprint density at radius 3 is 2.45 bits per heavy atom. The van der Waals surface area contributed by atoms with Gasteiger partial charge in [-0.1, -0.05) is 12.5 Å². The predicted molar refractivity (Wildman–Crippen MR) is 144 cm³/mol. The summed E-state index contributed by atoms with van der Waals surface area (Å²) in [5.41, 5.74) is 0.669. The molecule has 0 spiro atoms. The number of fused-ring (bicyclic) bond motifs is 1. The molecule has 2 N–H and O–H groups in total. The van der Waals surface area contributed by atoms with Crippen LogP contribution in [0.3, 0.4) is 0 Å². The molecule has 1 saturated heterocycles. The highest BCUT2D eigenvalue weighted by Gasteiger charge is 2.28. The molecule has 1 amide bonds. The first-order valence-electron chi connectivity index (χ1n) is 13.3. The third-order valence-electron chi connectivity index (χ3n) is 7.02. The lowest BCUT2D eigenvalue weighted by Crippen LogP contribution is -2.46. The molecule has 0 aliphatic carbocycles. The molecule has 2 aromatic carbocycles. The predicted octanol–water partition coefficient (Wildman–Crippen LogP) is 3.11. The summed E-state index contributed by atoms with van der Waals surface area (Å²) in [5.74, 6) is 1.74. The Morgan fingerprint density at radius 2 is 1.74 bits per heavy atom. The number of rotatable bonds is 13. The second-order valence-corrected chi connectivity index (χ2v) is 11.9. The number of ether oxygens (including phenoxy) is 3. The Bertz CT molecular complexity index is 1160. The highest BCUT2D eigenvalue weighted by Crippen LogP contribution is 2.33. The maximum atomic E-state index is 12.8. The topological polar surface area (TPSA) is 114 Å². The average Bonchev–Trinajstić information content (AvgIpc) is 3.45. The Labute approximate surface area is 225 Å². The zero-order chi connectivity index (χ0) is 27.0. The van der Waals surface area contributed by atoms with Crippen LogP contribution in [0.2, 0.25) is 0 Å². The van der Waals surface area contributed by atoms with Gasteiger partial charge in [-0.2, -0.15) is 0 Å². The number of amides is 1. The van der Waals surface area contributed by atoms with Gasteiger partial charge in [-0.3, -0.25) is 4.79 Å². The molecule has 38 heavy (non-hydrogen) atoms. The van der Waals surface area contributed by atoms with Gasteiger partial charge in [-0.15, -0.1) is 0 Å². The number of sulfone groups is 1. The summed E-state index contributed by atoms with van der Waals surface area (Å²) in [6, 6.07) is 11.3. The van der Waals surface area contributed by atoms with Gasteiger partial charge in [0.25, 0.3) is 0 Å². The van der Waals surface area contributed by atoms with Crippen LogP contribution in [0, 0.1) is 0 Å². The SMILES string of the molecule is COc1ccc(S(=O)(=O)CCCCCC(=O)N[C@H](CN2CCCC2)[C@H](O)c2ccc3c(c2)OCCO3)cc1. The molecule has 2 aliphatic rings. The number of aliphatic hydroxyl groups excluding tert-OH is 1. The summed E-state index contributed by atoms with van der Waals surface area (Å²) in [7, 11) is -1.85. The smallest absolute Gasteiger partial charge is 0.220 e. The van der Waals surface area contributed by atoms with E-state index in [2.05, 4.69) is 10.2 Å². The molecule has 2 heterocycles. The van der Waals surface area contributed by atoms with E-state index >= 15 is 0 Å². The van der Waals surface area contributed by atoms with Crippen LogP contribution < -0.4 is 19.5 Å². The minimum absolute atomic E-state index is 0.0291. The molecule has 0 saturated carbocycles. The van der Waals surface area contributed by atoms with E-state index in [0.29, 0.717) is 61.8 Å². The Hall–Kier alpha value is -2.82. The van der Waals surface area contributed by atoms with Crippen molar-refractivity contribution < 1.29 is 32.5 Å². The Morgan fingerprint density at radius 1 is 1.03 bits per heavy atom. The van der Waals surface area contributed by atoms with E-state index in [1.165, 1.54) is 7.11 Å². The van der Waals surface area contributed by atoms with Gasteiger partial charge in [0.05, 0.1) is 23.8 Å². The first-order valence-corrected chi connectivity index (χ1v) is 15.0. The molecule has 0 aromatic heterocycles. The van der Waals surface area contributed by atoms with Gasteiger partial charge in [0.2, 0.25) is 5.91 Å². The third kappa shape index (κ3) is 7.61. The quantitative estimate of drug-likeness (QED) is 0.369. The highest BCUT2D eigenvalue weighted by molar-refractivity contribution is 7.91. The van der Waals surface area contributed by atoms with Crippen molar-refractivity contribution >= 4 is 15.7 Å². The number of nitrogens with zero attached hydrogens (tertiary/aromatic N) is 1. The van der Waals surface area contributed by atoms with E-state index in [1.54, 1.807) is 36.4 Å². The van der Waals surface area contributed by atoms with Crippen molar-refractivity contribution in [2.75, 3.05) is 45.7 Å². The van der Waals surface area contributed by atoms with Gasteiger partial charge in [-0.25, -0.2) is 8.42 Å². The average molecular weight is 547 g/mol. The van der Waals surface area contributed by atoms with Crippen LogP contribution in [0.4, 0.5) is 0 Å². The van der Waals surface area contributed by atoms with Crippen molar-refractivity contribution in [2.45, 2.75) is 55.6 Å². The number of benzene rings is 2. The van der Waals surface area contributed by atoms with Crippen molar-refractivity contribution in [3.05, 3.63) is 48.0 Å². The molecule has 2 atom stereocenters. The van der Waals surface area contributed by atoms with E-state index in [9.17, 15) is 18.3 Å². The first kappa shape index (κ1) is 28.2. The fourth-order valence-corrected chi connectivity index (χ4v) is 6.25. The highest BCUT2D eigenvalue weighted by atomic mass is 32.2. The van der Waals surface area contributed by atoms with Crippen LogP contribution in [-0.2, 0) is 14.6 Å². The maximum Gasteiger partial charge on any atom is 0.220 e. The van der Waals surface area contributed by atoms with Crippen molar-refractivity contribution in [1.82, 2.24) is 10.2 Å². The number of carbonyl (C=O) groups excluding carboxylic acids is 1. The summed E-state index contributed by atoms with van der Waals surface area (Å²) in [4.78, 5) is 15.4. The molecule has 1 fully saturated rings. The summed E-state index contributed by atoms with van der Waals surface area (Å²) in [5, 5.41) is 14.3. The standard InChI is InChI=1S/C28H38N2O7S/c1-35-22-9-11-23(12-10-22)38(33,34)18-6-2-3-7-27(31)29-24(20-30-14-4-5-15-30)28(32)21-8-13-25-26(19-21)37-17-16-36-25/h8-13,19,24,28,32H,2-7,14-18,20H2,1H3,(H,29,31)/t24-,28-/m1/s1. The van der Waals surface area contributed by atoms with Crippen LogP contribution in [-0.4, -0.2) is 76.1 Å². The lowest BCUT2D eigenvalue weighted by atomic mass is 10.0. The zero-order valence-corrected chi connectivity index (χ0v) is 22.8. The first-order chi connectivity index (χ1) is 18.4. The number of methoxy groups -OCH3 is 1. The largest absolute Gasteiger partial charge is 0.497 e. The van der Waals surface area contributed by atoms with E-state index in [4.69, 9.17) is 14.2 Å². The summed E-state index contributed by atoms with van der Waals surface area (Å²) < 4.78 is 41.5. The van der Waals surface area contributed by atoms with Crippen LogP contribution in [0.25, 0.3) is 0 Å². The number of nitrogens with one attached hydrogen (secondary N) is 1. The van der Waals surface area contributed by atoms with E-state index in [1.807, 2.05) is 6.07 Å². The van der Waals surface area contributed by atoms with Crippen LogP contribution in [0.15, 0.2) is 47.4 Å².